The van der Waals surface area contributed by atoms with Crippen LogP contribution in [0.4, 0.5) is 0 Å². The van der Waals surface area contributed by atoms with Crippen LogP contribution in [0, 0.1) is 6.92 Å². The molecule has 3 rings (SSSR count). The SMILES string of the molecule is CSc1nccc(O/N=C/C(=O)c2ccc(C)c(OCc3ccccc3)c2)n1. The number of aryl methyl sites for hydroxylation is 1. The lowest BCUT2D eigenvalue weighted by molar-refractivity contribution is 0.106. The van der Waals surface area contributed by atoms with Crippen LogP contribution < -0.4 is 9.57 Å². The molecular formula is C21H19N3O3S. The lowest BCUT2D eigenvalue weighted by Gasteiger charge is -2.10. The summed E-state index contributed by atoms with van der Waals surface area (Å²) in [6.45, 7) is 2.37. The third kappa shape index (κ3) is 5.40. The molecule has 1 heterocycles. The van der Waals surface area contributed by atoms with Crippen LogP contribution in [0.3, 0.4) is 0 Å². The molecule has 0 amide bonds. The fourth-order valence-corrected chi connectivity index (χ4v) is 2.67. The van der Waals surface area contributed by atoms with E-state index in [1.807, 2.05) is 49.6 Å². The predicted octanol–water partition coefficient (Wildman–Crippen LogP) is 4.33. The number of carbonyl (C=O) groups excluding carboxylic acids is 1. The summed E-state index contributed by atoms with van der Waals surface area (Å²) in [5, 5.41) is 4.29. The molecule has 0 saturated carbocycles. The van der Waals surface area contributed by atoms with Crippen LogP contribution in [-0.2, 0) is 6.61 Å². The molecule has 0 N–H and O–H groups in total. The van der Waals surface area contributed by atoms with Crippen LogP contribution in [0.25, 0.3) is 0 Å². The maximum Gasteiger partial charge on any atom is 0.252 e. The molecule has 7 heteroatoms. The molecule has 0 fully saturated rings. The first kappa shape index (κ1) is 19.6. The van der Waals surface area contributed by atoms with Crippen molar-refractivity contribution in [3.63, 3.8) is 0 Å². The molecule has 0 radical (unpaired) electrons. The van der Waals surface area contributed by atoms with Crippen molar-refractivity contribution in [2.75, 3.05) is 6.26 Å². The Kier molecular flexibility index (Phi) is 6.75. The van der Waals surface area contributed by atoms with Crippen molar-refractivity contribution < 1.29 is 14.4 Å². The zero-order chi connectivity index (χ0) is 19.8. The first-order valence-electron chi connectivity index (χ1n) is 8.55. The van der Waals surface area contributed by atoms with Gasteiger partial charge in [0, 0.05) is 17.8 Å². The van der Waals surface area contributed by atoms with Crippen LogP contribution in [0.1, 0.15) is 21.5 Å². The number of rotatable bonds is 8. The highest BCUT2D eigenvalue weighted by Crippen LogP contribution is 2.21. The van der Waals surface area contributed by atoms with E-state index in [1.54, 1.807) is 24.4 Å². The number of benzene rings is 2. The summed E-state index contributed by atoms with van der Waals surface area (Å²) >= 11 is 1.39. The monoisotopic (exact) mass is 393 g/mol. The van der Waals surface area contributed by atoms with Gasteiger partial charge in [0.15, 0.2) is 5.16 Å². The summed E-state index contributed by atoms with van der Waals surface area (Å²) in [6, 6.07) is 16.7. The Morgan fingerprint density at radius 2 is 2.00 bits per heavy atom. The van der Waals surface area contributed by atoms with Crippen LogP contribution in [0.15, 0.2) is 71.1 Å². The van der Waals surface area contributed by atoms with Crippen LogP contribution >= 0.6 is 11.8 Å². The molecule has 0 unspecified atom stereocenters. The summed E-state index contributed by atoms with van der Waals surface area (Å²) in [4.78, 5) is 25.7. The Morgan fingerprint density at radius 1 is 1.18 bits per heavy atom. The molecule has 0 bridgehead atoms. The maximum atomic E-state index is 12.4. The van der Waals surface area contributed by atoms with Gasteiger partial charge in [0.25, 0.3) is 5.88 Å². The Bertz CT molecular complexity index is 978. The average Bonchev–Trinajstić information content (AvgIpc) is 2.74. The van der Waals surface area contributed by atoms with Gasteiger partial charge < -0.3 is 9.57 Å². The Balaban J connectivity index is 1.64. The van der Waals surface area contributed by atoms with Gasteiger partial charge in [0.1, 0.15) is 18.6 Å². The van der Waals surface area contributed by atoms with Crippen molar-refractivity contribution in [3.8, 4) is 11.6 Å². The van der Waals surface area contributed by atoms with Crippen LogP contribution in [-0.4, -0.2) is 28.2 Å². The van der Waals surface area contributed by atoms with E-state index < -0.39 is 0 Å². The minimum atomic E-state index is -0.288. The number of nitrogens with zero attached hydrogens (tertiary/aromatic N) is 3. The van der Waals surface area contributed by atoms with E-state index in [9.17, 15) is 4.79 Å². The zero-order valence-corrected chi connectivity index (χ0v) is 16.3. The molecule has 2 aromatic carbocycles. The van der Waals surface area contributed by atoms with Gasteiger partial charge in [0.05, 0.1) is 0 Å². The molecule has 1 aromatic heterocycles. The number of oxime groups is 1. The van der Waals surface area contributed by atoms with Gasteiger partial charge in [0.2, 0.25) is 5.78 Å². The second-order valence-corrected chi connectivity index (χ2v) is 6.60. The highest BCUT2D eigenvalue weighted by molar-refractivity contribution is 7.98. The van der Waals surface area contributed by atoms with Crippen LogP contribution in [0.5, 0.6) is 11.6 Å². The maximum absolute atomic E-state index is 12.4. The number of ketones is 1. The fourth-order valence-electron chi connectivity index (χ4n) is 2.32. The van der Waals surface area contributed by atoms with Crippen molar-refractivity contribution in [1.82, 2.24) is 9.97 Å². The largest absolute Gasteiger partial charge is 0.489 e. The molecule has 0 aliphatic heterocycles. The van der Waals surface area contributed by atoms with Crippen molar-refractivity contribution in [2.45, 2.75) is 18.7 Å². The summed E-state index contributed by atoms with van der Waals surface area (Å²) < 4.78 is 5.87. The van der Waals surface area contributed by atoms with E-state index in [1.165, 1.54) is 11.8 Å². The number of hydrogen-bond donors (Lipinski definition) is 0. The summed E-state index contributed by atoms with van der Waals surface area (Å²) in [5.41, 5.74) is 2.47. The first-order chi connectivity index (χ1) is 13.7. The number of carbonyl (C=O) groups is 1. The van der Waals surface area contributed by atoms with Crippen molar-refractivity contribution in [1.29, 1.82) is 0 Å². The zero-order valence-electron chi connectivity index (χ0n) is 15.5. The number of ether oxygens (including phenoxy) is 1. The number of Topliss-reactive ketones (excluding diaryl/α,β-unsaturated/α-hetero) is 1. The number of thioether (sulfide) groups is 1. The average molecular weight is 393 g/mol. The van der Waals surface area contributed by atoms with Gasteiger partial charge >= 0.3 is 0 Å². The quantitative estimate of drug-likeness (QED) is 0.186. The van der Waals surface area contributed by atoms with E-state index in [4.69, 9.17) is 9.57 Å². The molecule has 0 saturated heterocycles. The van der Waals surface area contributed by atoms with E-state index in [0.29, 0.717) is 23.1 Å². The van der Waals surface area contributed by atoms with Gasteiger partial charge in [-0.1, -0.05) is 59.4 Å². The first-order valence-corrected chi connectivity index (χ1v) is 9.77. The molecule has 0 atom stereocenters. The van der Waals surface area contributed by atoms with E-state index >= 15 is 0 Å². The minimum absolute atomic E-state index is 0.277. The summed E-state index contributed by atoms with van der Waals surface area (Å²) in [6.07, 6.45) is 4.55. The van der Waals surface area contributed by atoms with Gasteiger partial charge in [-0.05, 0) is 30.4 Å². The highest BCUT2D eigenvalue weighted by atomic mass is 32.2. The molecule has 0 aliphatic rings. The van der Waals surface area contributed by atoms with E-state index in [0.717, 1.165) is 17.3 Å². The molecule has 0 spiro atoms. The Morgan fingerprint density at radius 3 is 2.79 bits per heavy atom. The van der Waals surface area contributed by atoms with E-state index in [2.05, 4.69) is 15.1 Å². The normalized spacial score (nSPS) is 10.8. The third-order valence-electron chi connectivity index (χ3n) is 3.82. The second kappa shape index (κ2) is 9.66. The van der Waals surface area contributed by atoms with Crippen LogP contribution in [0.2, 0.25) is 0 Å². The van der Waals surface area contributed by atoms with Crippen molar-refractivity contribution in [3.05, 3.63) is 77.5 Å². The summed E-state index contributed by atoms with van der Waals surface area (Å²) in [7, 11) is 0. The van der Waals surface area contributed by atoms with E-state index in [-0.39, 0.29) is 11.7 Å². The van der Waals surface area contributed by atoms with Gasteiger partial charge in [-0.15, -0.1) is 0 Å². The lowest BCUT2D eigenvalue weighted by Crippen LogP contribution is -2.04. The van der Waals surface area contributed by atoms with Gasteiger partial charge in [-0.2, -0.15) is 4.98 Å². The molecular weight excluding hydrogens is 374 g/mol. The highest BCUT2D eigenvalue weighted by Gasteiger charge is 2.08. The van der Waals surface area contributed by atoms with Crippen molar-refractivity contribution >= 4 is 23.8 Å². The Labute approximate surface area is 167 Å². The third-order valence-corrected chi connectivity index (χ3v) is 4.38. The lowest BCUT2D eigenvalue weighted by atomic mass is 10.1. The minimum Gasteiger partial charge on any atom is -0.489 e. The van der Waals surface area contributed by atoms with Gasteiger partial charge in [-0.3, -0.25) is 4.79 Å². The number of hydrogen-bond acceptors (Lipinski definition) is 7. The molecule has 28 heavy (non-hydrogen) atoms. The van der Waals surface area contributed by atoms with Gasteiger partial charge in [-0.25, -0.2) is 4.98 Å². The standard InChI is InChI=1S/C21H19N3O3S/c1-15-8-9-17(12-19(15)26-14-16-6-4-3-5-7-16)18(25)13-23-27-20-10-11-22-21(24-20)28-2/h3-13H,14H2,1-2H3/b23-13+. The smallest absolute Gasteiger partial charge is 0.252 e. The molecule has 6 nitrogen and oxygen atoms in total. The van der Waals surface area contributed by atoms with Crippen molar-refractivity contribution in [2.24, 2.45) is 5.16 Å². The predicted molar refractivity (Wildman–Crippen MR) is 109 cm³/mol. The fraction of sp³-hybridized carbons (Fsp3) is 0.143. The summed E-state index contributed by atoms with van der Waals surface area (Å²) in [5.74, 6) is 0.646. The second-order valence-electron chi connectivity index (χ2n) is 5.83. The topological polar surface area (TPSA) is 73.7 Å². The molecule has 0 aliphatic carbocycles. The number of aromatic nitrogens is 2. The molecule has 3 aromatic rings. The molecule has 142 valence electrons. The Hall–Kier alpha value is -3.19.